The van der Waals surface area contributed by atoms with E-state index in [2.05, 4.69) is 38.2 Å². The van der Waals surface area contributed by atoms with Crippen molar-refractivity contribution in [1.82, 2.24) is 0 Å². The molecular formula is C41H77O10P. The number of allylic oxidation sites excluding steroid dienone is 4. The van der Waals surface area contributed by atoms with Gasteiger partial charge in [0.2, 0.25) is 0 Å². The third-order valence-electron chi connectivity index (χ3n) is 8.92. The van der Waals surface area contributed by atoms with Crippen LogP contribution >= 0.6 is 7.82 Å². The van der Waals surface area contributed by atoms with Crippen LogP contribution in [0.25, 0.3) is 0 Å². The molecule has 11 heteroatoms. The molecule has 0 aliphatic heterocycles. The quantitative estimate of drug-likeness (QED) is 0.0239. The molecule has 0 spiro atoms. The van der Waals surface area contributed by atoms with Gasteiger partial charge in [-0.25, -0.2) is 4.57 Å². The molecule has 3 unspecified atom stereocenters. The van der Waals surface area contributed by atoms with Crippen molar-refractivity contribution in [2.45, 2.75) is 199 Å². The van der Waals surface area contributed by atoms with E-state index in [0.29, 0.717) is 12.8 Å². The van der Waals surface area contributed by atoms with Crippen LogP contribution in [0.2, 0.25) is 0 Å². The minimum Gasteiger partial charge on any atom is -0.457 e. The Balaban J connectivity index is 3.96. The Bertz CT molecular complexity index is 925. The highest BCUT2D eigenvalue weighted by molar-refractivity contribution is 7.47. The van der Waals surface area contributed by atoms with Gasteiger partial charge in [0.05, 0.1) is 26.4 Å². The molecule has 0 heterocycles. The lowest BCUT2D eigenvalue weighted by atomic mass is 10.0. The molecule has 0 aliphatic carbocycles. The predicted molar refractivity (Wildman–Crippen MR) is 210 cm³/mol. The van der Waals surface area contributed by atoms with Gasteiger partial charge in [0.15, 0.2) is 0 Å². The summed E-state index contributed by atoms with van der Waals surface area (Å²) in [4.78, 5) is 34.4. The maximum absolute atomic E-state index is 12.3. The number of esters is 2. The van der Waals surface area contributed by atoms with Gasteiger partial charge in [-0.3, -0.25) is 18.6 Å². The molecule has 3 atom stereocenters. The van der Waals surface area contributed by atoms with Crippen LogP contribution in [0.4, 0.5) is 0 Å². The minimum absolute atomic E-state index is 0.178. The molecule has 0 aromatic carbocycles. The first-order valence-electron chi connectivity index (χ1n) is 20.8. The average Bonchev–Trinajstić information content (AvgIpc) is 3.13. The van der Waals surface area contributed by atoms with Crippen LogP contribution in [0.1, 0.15) is 187 Å². The van der Waals surface area contributed by atoms with Crippen LogP contribution in [0.5, 0.6) is 0 Å². The zero-order valence-corrected chi connectivity index (χ0v) is 33.9. The second kappa shape index (κ2) is 37.8. The molecule has 306 valence electrons. The van der Waals surface area contributed by atoms with E-state index in [1.807, 2.05) is 0 Å². The highest BCUT2D eigenvalue weighted by atomic mass is 31.2. The fourth-order valence-electron chi connectivity index (χ4n) is 5.67. The number of rotatable bonds is 39. The van der Waals surface area contributed by atoms with E-state index in [4.69, 9.17) is 18.5 Å². The molecule has 0 aromatic heterocycles. The summed E-state index contributed by atoms with van der Waals surface area (Å²) in [5, 5.41) is 19.1. The lowest BCUT2D eigenvalue weighted by molar-refractivity contribution is -0.153. The van der Waals surface area contributed by atoms with Crippen molar-refractivity contribution in [3.8, 4) is 0 Å². The number of aliphatic hydroxyl groups excluding tert-OH is 2. The standard InChI is InChI=1S/C41H77O10P/c1-3-5-7-9-11-13-15-17-18-19-21-23-25-27-29-31-33-41(45)51-39(35-43)37-49-52(46,47)48-36-38(34-42)50-40(44)32-30-28-26-24-22-20-16-14-12-10-8-6-4-2/h13,15,18-19,38-39,42-43H,3-12,14,16-17,20-37H2,1-2H3,(H,46,47)/b15-13-,19-18-. The molecule has 0 fully saturated rings. The van der Waals surface area contributed by atoms with E-state index in [0.717, 1.165) is 57.8 Å². The van der Waals surface area contributed by atoms with E-state index in [1.54, 1.807) is 0 Å². The van der Waals surface area contributed by atoms with Gasteiger partial charge in [0.1, 0.15) is 12.2 Å². The van der Waals surface area contributed by atoms with Crippen molar-refractivity contribution in [2.24, 2.45) is 0 Å². The molecule has 0 rings (SSSR count). The largest absolute Gasteiger partial charge is 0.472 e. The van der Waals surface area contributed by atoms with Gasteiger partial charge in [0, 0.05) is 12.8 Å². The summed E-state index contributed by atoms with van der Waals surface area (Å²) in [6.45, 7) is 2.18. The Morgan fingerprint density at radius 2 is 0.846 bits per heavy atom. The van der Waals surface area contributed by atoms with E-state index < -0.39 is 58.4 Å². The number of aliphatic hydroxyl groups is 2. The Kier molecular flexibility index (Phi) is 36.6. The maximum Gasteiger partial charge on any atom is 0.472 e. The summed E-state index contributed by atoms with van der Waals surface area (Å²) in [5.41, 5.74) is 0. The normalized spacial score (nSPS) is 14.2. The van der Waals surface area contributed by atoms with Crippen molar-refractivity contribution in [2.75, 3.05) is 26.4 Å². The first kappa shape index (κ1) is 50.5. The molecule has 0 aliphatic rings. The van der Waals surface area contributed by atoms with E-state index >= 15 is 0 Å². The van der Waals surface area contributed by atoms with Crippen molar-refractivity contribution in [3.05, 3.63) is 24.3 Å². The molecule has 3 N–H and O–H groups in total. The molecule has 0 amide bonds. The van der Waals surface area contributed by atoms with Crippen LogP contribution in [0.15, 0.2) is 24.3 Å². The van der Waals surface area contributed by atoms with Crippen LogP contribution < -0.4 is 0 Å². The van der Waals surface area contributed by atoms with Gasteiger partial charge in [-0.2, -0.15) is 0 Å². The second-order valence-corrected chi connectivity index (χ2v) is 15.4. The number of carbonyl (C=O) groups excluding carboxylic acids is 2. The molecule has 0 saturated carbocycles. The highest BCUT2D eigenvalue weighted by Gasteiger charge is 2.27. The van der Waals surface area contributed by atoms with Crippen molar-refractivity contribution >= 4 is 19.8 Å². The minimum atomic E-state index is -4.63. The summed E-state index contributed by atoms with van der Waals surface area (Å²) < 4.78 is 32.5. The van der Waals surface area contributed by atoms with E-state index in [9.17, 15) is 29.3 Å². The lowest BCUT2D eigenvalue weighted by Gasteiger charge is -2.20. The Hall–Kier alpha value is -1.55. The number of hydrogen-bond donors (Lipinski definition) is 3. The van der Waals surface area contributed by atoms with Crippen LogP contribution in [0.3, 0.4) is 0 Å². The molecule has 52 heavy (non-hydrogen) atoms. The number of ether oxygens (including phenoxy) is 2. The number of unbranched alkanes of at least 4 members (excludes halogenated alkanes) is 21. The lowest BCUT2D eigenvalue weighted by Crippen LogP contribution is -2.28. The van der Waals surface area contributed by atoms with Crippen LogP contribution in [0, 0.1) is 0 Å². The van der Waals surface area contributed by atoms with Gasteiger partial charge in [-0.05, 0) is 44.9 Å². The average molecular weight is 761 g/mol. The first-order valence-corrected chi connectivity index (χ1v) is 22.3. The molecule has 0 radical (unpaired) electrons. The molecule has 0 bridgehead atoms. The van der Waals surface area contributed by atoms with Gasteiger partial charge >= 0.3 is 19.8 Å². The third-order valence-corrected chi connectivity index (χ3v) is 9.87. The molecule has 0 aromatic rings. The van der Waals surface area contributed by atoms with Crippen molar-refractivity contribution in [3.63, 3.8) is 0 Å². The van der Waals surface area contributed by atoms with Crippen molar-refractivity contribution < 1.29 is 47.8 Å². The second-order valence-electron chi connectivity index (χ2n) is 14.0. The summed E-state index contributed by atoms with van der Waals surface area (Å²) >= 11 is 0. The number of phosphoric ester groups is 1. The van der Waals surface area contributed by atoms with Crippen LogP contribution in [-0.4, -0.2) is 65.7 Å². The Morgan fingerprint density at radius 3 is 1.21 bits per heavy atom. The summed E-state index contributed by atoms with van der Waals surface area (Å²) in [6.07, 6.45) is 35.7. The number of carbonyl (C=O) groups is 2. The van der Waals surface area contributed by atoms with E-state index in [1.165, 1.54) is 89.9 Å². The van der Waals surface area contributed by atoms with Gasteiger partial charge in [0.25, 0.3) is 0 Å². The zero-order valence-electron chi connectivity index (χ0n) is 33.0. The number of phosphoric acid groups is 1. The summed E-state index contributed by atoms with van der Waals surface area (Å²) in [7, 11) is -4.63. The predicted octanol–water partition coefficient (Wildman–Crippen LogP) is 10.6. The summed E-state index contributed by atoms with van der Waals surface area (Å²) in [6, 6.07) is 0. The zero-order chi connectivity index (χ0) is 38.4. The van der Waals surface area contributed by atoms with Gasteiger partial charge in [-0.15, -0.1) is 0 Å². The SMILES string of the molecule is CCCCCC/C=C\C/C=C\CCCCCCCC(=O)OC(CO)COP(=O)(O)OCC(CO)OC(=O)CCCCCCCCCCCCCCC. The fourth-order valence-corrected chi connectivity index (χ4v) is 6.46. The first-order chi connectivity index (χ1) is 25.3. The topological polar surface area (TPSA) is 149 Å². The monoisotopic (exact) mass is 761 g/mol. The highest BCUT2D eigenvalue weighted by Crippen LogP contribution is 2.43. The number of hydrogen-bond acceptors (Lipinski definition) is 9. The van der Waals surface area contributed by atoms with Gasteiger partial charge < -0.3 is 24.6 Å². The Morgan fingerprint density at radius 1 is 0.519 bits per heavy atom. The third kappa shape index (κ3) is 35.5. The smallest absolute Gasteiger partial charge is 0.457 e. The van der Waals surface area contributed by atoms with Gasteiger partial charge in [-0.1, -0.05) is 154 Å². The maximum atomic E-state index is 12.3. The summed E-state index contributed by atoms with van der Waals surface area (Å²) in [5.74, 6) is -1.03. The molecular weight excluding hydrogens is 683 g/mol. The Labute approximate surface area is 317 Å². The van der Waals surface area contributed by atoms with Crippen LogP contribution in [-0.2, 0) is 32.7 Å². The molecule has 0 saturated heterocycles. The van der Waals surface area contributed by atoms with Crippen molar-refractivity contribution in [1.29, 1.82) is 0 Å². The molecule has 10 nitrogen and oxygen atoms in total. The van der Waals surface area contributed by atoms with E-state index in [-0.39, 0.29) is 12.8 Å². The fraction of sp³-hybridized carbons (Fsp3) is 0.854.